The van der Waals surface area contributed by atoms with Crippen molar-refractivity contribution in [3.8, 4) is 5.75 Å². The van der Waals surface area contributed by atoms with Crippen molar-refractivity contribution in [3.05, 3.63) is 101 Å². The molecule has 0 unspecified atom stereocenters. The summed E-state index contributed by atoms with van der Waals surface area (Å²) >= 11 is 6.14. The highest BCUT2D eigenvalue weighted by molar-refractivity contribution is 6.32. The Morgan fingerprint density at radius 1 is 0.800 bits per heavy atom. The first kappa shape index (κ1) is 17.2. The van der Waals surface area contributed by atoms with Crippen molar-refractivity contribution in [2.45, 2.75) is 5.60 Å². The molecular weight excluding hydrogens is 336 g/mol. The first-order chi connectivity index (χ1) is 12.2. The Balaban J connectivity index is 2.11. The second-order valence-electron chi connectivity index (χ2n) is 5.44. The molecular formula is C21H17ClO3. The minimum Gasteiger partial charge on any atom is -0.422 e. The van der Waals surface area contributed by atoms with Crippen molar-refractivity contribution in [2.75, 3.05) is 7.11 Å². The van der Waals surface area contributed by atoms with Gasteiger partial charge in [-0.1, -0.05) is 84.4 Å². The lowest BCUT2D eigenvalue weighted by atomic mass is 9.86. The topological polar surface area (TPSA) is 35.5 Å². The van der Waals surface area contributed by atoms with Crippen LogP contribution in [-0.4, -0.2) is 13.1 Å². The maximum absolute atomic E-state index is 13.2. The van der Waals surface area contributed by atoms with Gasteiger partial charge in [-0.3, -0.25) is 0 Å². The van der Waals surface area contributed by atoms with E-state index in [1.165, 1.54) is 7.11 Å². The molecule has 0 radical (unpaired) electrons. The molecule has 0 spiro atoms. The van der Waals surface area contributed by atoms with Crippen LogP contribution in [0.2, 0.25) is 5.02 Å². The third kappa shape index (κ3) is 3.29. The van der Waals surface area contributed by atoms with Gasteiger partial charge >= 0.3 is 5.97 Å². The average Bonchev–Trinajstić information content (AvgIpc) is 2.66. The van der Waals surface area contributed by atoms with Gasteiger partial charge < -0.3 is 9.47 Å². The first-order valence-corrected chi connectivity index (χ1v) is 8.19. The smallest absolute Gasteiger partial charge is 0.353 e. The van der Waals surface area contributed by atoms with E-state index in [9.17, 15) is 4.79 Å². The summed E-state index contributed by atoms with van der Waals surface area (Å²) in [5, 5.41) is 0.363. The minimum absolute atomic E-state index is 0.294. The first-order valence-electron chi connectivity index (χ1n) is 7.81. The zero-order valence-corrected chi connectivity index (χ0v) is 14.4. The van der Waals surface area contributed by atoms with Crippen LogP contribution in [0.3, 0.4) is 0 Å². The summed E-state index contributed by atoms with van der Waals surface area (Å²) in [5.41, 5.74) is -0.0247. The largest absolute Gasteiger partial charge is 0.422 e. The molecule has 25 heavy (non-hydrogen) atoms. The van der Waals surface area contributed by atoms with Crippen LogP contribution in [0.15, 0.2) is 84.9 Å². The number of esters is 1. The normalized spacial score (nSPS) is 11.1. The van der Waals surface area contributed by atoms with Crippen LogP contribution in [0.5, 0.6) is 5.75 Å². The summed E-state index contributed by atoms with van der Waals surface area (Å²) in [6.07, 6.45) is 0. The van der Waals surface area contributed by atoms with E-state index in [1.54, 1.807) is 24.3 Å². The number of hydrogen-bond donors (Lipinski definition) is 0. The minimum atomic E-state index is -1.39. The monoisotopic (exact) mass is 352 g/mol. The fourth-order valence-electron chi connectivity index (χ4n) is 2.77. The van der Waals surface area contributed by atoms with Crippen molar-refractivity contribution in [3.63, 3.8) is 0 Å². The van der Waals surface area contributed by atoms with E-state index in [0.29, 0.717) is 21.9 Å². The molecule has 0 fully saturated rings. The summed E-state index contributed by atoms with van der Waals surface area (Å²) < 4.78 is 11.4. The van der Waals surface area contributed by atoms with Crippen molar-refractivity contribution in [1.29, 1.82) is 0 Å². The standard InChI is InChI=1S/C21H17ClO3/c1-24-21(16-10-4-2-5-11-16,17-12-6-3-7-13-17)20(23)25-19-15-9-8-14-18(19)22/h2-15H,1H3. The van der Waals surface area contributed by atoms with E-state index < -0.39 is 11.6 Å². The Hall–Kier alpha value is -2.62. The van der Waals surface area contributed by atoms with Crippen molar-refractivity contribution >= 4 is 17.6 Å². The lowest BCUT2D eigenvalue weighted by molar-refractivity contribution is -0.155. The number of hydrogen-bond acceptors (Lipinski definition) is 3. The molecule has 126 valence electrons. The van der Waals surface area contributed by atoms with E-state index in [-0.39, 0.29) is 0 Å². The molecule has 0 aliphatic carbocycles. The van der Waals surface area contributed by atoms with Gasteiger partial charge in [-0.05, 0) is 23.3 Å². The van der Waals surface area contributed by atoms with Crippen molar-refractivity contribution in [2.24, 2.45) is 0 Å². The molecule has 0 saturated carbocycles. The van der Waals surface area contributed by atoms with E-state index in [4.69, 9.17) is 21.1 Å². The Labute approximate surface area is 151 Å². The van der Waals surface area contributed by atoms with E-state index in [2.05, 4.69) is 0 Å². The Kier molecular flexibility index (Phi) is 5.17. The maximum atomic E-state index is 13.2. The van der Waals surface area contributed by atoms with Gasteiger partial charge in [-0.15, -0.1) is 0 Å². The molecule has 0 bridgehead atoms. The van der Waals surface area contributed by atoms with E-state index in [0.717, 1.165) is 0 Å². The summed E-state index contributed by atoms with van der Waals surface area (Å²) in [6.45, 7) is 0. The van der Waals surface area contributed by atoms with Gasteiger partial charge in [-0.25, -0.2) is 4.79 Å². The fourth-order valence-corrected chi connectivity index (χ4v) is 2.94. The summed E-state index contributed by atoms with van der Waals surface area (Å²) in [7, 11) is 1.49. The Morgan fingerprint density at radius 3 is 1.76 bits per heavy atom. The zero-order chi connectivity index (χ0) is 17.7. The highest BCUT2D eigenvalue weighted by atomic mass is 35.5. The zero-order valence-electron chi connectivity index (χ0n) is 13.7. The summed E-state index contributed by atoms with van der Waals surface area (Å²) in [4.78, 5) is 13.2. The second-order valence-corrected chi connectivity index (χ2v) is 5.84. The number of carbonyl (C=O) groups is 1. The number of methoxy groups -OCH3 is 1. The predicted molar refractivity (Wildman–Crippen MR) is 97.8 cm³/mol. The molecule has 0 saturated heterocycles. The summed E-state index contributed by atoms with van der Waals surface area (Å²) in [6, 6.07) is 25.4. The van der Waals surface area contributed by atoms with Crippen LogP contribution in [-0.2, 0) is 15.1 Å². The highest BCUT2D eigenvalue weighted by Crippen LogP contribution is 2.36. The molecule has 0 heterocycles. The lowest BCUT2D eigenvalue weighted by Crippen LogP contribution is -2.42. The van der Waals surface area contributed by atoms with Crippen molar-refractivity contribution < 1.29 is 14.3 Å². The van der Waals surface area contributed by atoms with Gasteiger partial charge in [0.05, 0.1) is 5.02 Å². The molecule has 0 amide bonds. The van der Waals surface area contributed by atoms with E-state index >= 15 is 0 Å². The number of benzene rings is 3. The van der Waals surface area contributed by atoms with Gasteiger partial charge in [0, 0.05) is 7.11 Å². The van der Waals surface area contributed by atoms with Gasteiger partial charge in [0.15, 0.2) is 0 Å². The number of rotatable bonds is 5. The molecule has 0 N–H and O–H groups in total. The van der Waals surface area contributed by atoms with Crippen LogP contribution in [0.25, 0.3) is 0 Å². The molecule has 0 aliphatic rings. The predicted octanol–water partition coefficient (Wildman–Crippen LogP) is 4.84. The highest BCUT2D eigenvalue weighted by Gasteiger charge is 2.44. The lowest BCUT2D eigenvalue weighted by Gasteiger charge is -2.31. The molecule has 4 heteroatoms. The number of halogens is 1. The Morgan fingerprint density at radius 2 is 1.28 bits per heavy atom. The molecule has 3 rings (SSSR count). The number of ether oxygens (including phenoxy) is 2. The third-order valence-electron chi connectivity index (χ3n) is 3.99. The molecule has 0 aliphatic heterocycles. The number of carbonyl (C=O) groups excluding carboxylic acids is 1. The van der Waals surface area contributed by atoms with Crippen LogP contribution < -0.4 is 4.74 Å². The maximum Gasteiger partial charge on any atom is 0.353 e. The third-order valence-corrected chi connectivity index (χ3v) is 4.31. The average molecular weight is 353 g/mol. The molecule has 3 aromatic rings. The van der Waals surface area contributed by atoms with Gasteiger partial charge in [-0.2, -0.15) is 0 Å². The van der Waals surface area contributed by atoms with Crippen LogP contribution in [0, 0.1) is 0 Å². The van der Waals surface area contributed by atoms with Gasteiger partial charge in [0.1, 0.15) is 5.75 Å². The molecule has 0 atom stereocenters. The van der Waals surface area contributed by atoms with Crippen LogP contribution in [0.1, 0.15) is 11.1 Å². The molecule has 3 aromatic carbocycles. The SMILES string of the molecule is COC(C(=O)Oc1ccccc1Cl)(c1ccccc1)c1ccccc1. The quantitative estimate of drug-likeness (QED) is 0.487. The fraction of sp³-hybridized carbons (Fsp3) is 0.0952. The van der Waals surface area contributed by atoms with Crippen LogP contribution in [0.4, 0.5) is 0 Å². The Bertz CT molecular complexity index is 808. The van der Waals surface area contributed by atoms with Gasteiger partial charge in [0.25, 0.3) is 0 Å². The van der Waals surface area contributed by atoms with E-state index in [1.807, 2.05) is 60.7 Å². The van der Waals surface area contributed by atoms with Crippen LogP contribution >= 0.6 is 11.6 Å². The second kappa shape index (κ2) is 7.51. The summed E-state index contributed by atoms with van der Waals surface area (Å²) in [5.74, 6) is -0.261. The molecule has 3 nitrogen and oxygen atoms in total. The van der Waals surface area contributed by atoms with Gasteiger partial charge in [0.2, 0.25) is 5.60 Å². The number of para-hydroxylation sites is 1. The van der Waals surface area contributed by atoms with Crippen molar-refractivity contribution in [1.82, 2.24) is 0 Å². The molecule has 0 aromatic heterocycles.